The van der Waals surface area contributed by atoms with E-state index < -0.39 is 0 Å². The zero-order valence-corrected chi connectivity index (χ0v) is 13.4. The van der Waals surface area contributed by atoms with Gasteiger partial charge in [-0.05, 0) is 48.9 Å². The van der Waals surface area contributed by atoms with Gasteiger partial charge < -0.3 is 10.2 Å². The second kappa shape index (κ2) is 5.01. The molecule has 3 rings (SSSR count). The fraction of sp³-hybridized carbons (Fsp3) is 0.941. The minimum absolute atomic E-state index is 0.350. The molecule has 0 aromatic heterocycles. The van der Waals surface area contributed by atoms with Crippen LogP contribution >= 0.6 is 0 Å². The smallest absolute Gasteiger partial charge is 0.223 e. The van der Waals surface area contributed by atoms with Crippen molar-refractivity contribution in [2.45, 2.75) is 65.3 Å². The van der Waals surface area contributed by atoms with Crippen molar-refractivity contribution >= 4 is 5.91 Å². The van der Waals surface area contributed by atoms with Gasteiger partial charge in [-0.15, -0.1) is 0 Å². The van der Waals surface area contributed by atoms with E-state index in [0.29, 0.717) is 29.2 Å². The molecule has 0 spiro atoms. The summed E-state index contributed by atoms with van der Waals surface area (Å²) in [5.74, 6) is 1.22. The first-order valence-electron chi connectivity index (χ1n) is 8.46. The van der Waals surface area contributed by atoms with E-state index >= 15 is 0 Å². The van der Waals surface area contributed by atoms with Crippen molar-refractivity contribution in [3.63, 3.8) is 0 Å². The molecule has 2 bridgehead atoms. The topological polar surface area (TPSA) is 32.3 Å². The standard InChI is InChI=1S/C17H30N2O/c1-16(2)13-6-8-17(16,3)14(12-13)18-9-7-15(20)19-10-4-5-11-19/h13-14,18H,4-12H2,1-3H3. The number of rotatable bonds is 4. The van der Waals surface area contributed by atoms with Crippen LogP contribution in [0.25, 0.3) is 0 Å². The second-order valence-corrected chi connectivity index (χ2v) is 7.96. The van der Waals surface area contributed by atoms with E-state index in [1.807, 2.05) is 4.90 Å². The van der Waals surface area contributed by atoms with Crippen LogP contribution in [0, 0.1) is 16.7 Å². The van der Waals surface area contributed by atoms with E-state index in [1.165, 1.54) is 32.1 Å². The lowest BCUT2D eigenvalue weighted by Crippen LogP contribution is -2.45. The average molecular weight is 278 g/mol. The quantitative estimate of drug-likeness (QED) is 0.857. The summed E-state index contributed by atoms with van der Waals surface area (Å²) < 4.78 is 0. The normalized spacial score (nSPS) is 38.6. The predicted molar refractivity (Wildman–Crippen MR) is 81.5 cm³/mol. The molecule has 3 aliphatic rings. The summed E-state index contributed by atoms with van der Waals surface area (Å²) in [7, 11) is 0. The lowest BCUT2D eigenvalue weighted by molar-refractivity contribution is -0.130. The Morgan fingerprint density at radius 3 is 2.50 bits per heavy atom. The number of nitrogens with one attached hydrogen (secondary N) is 1. The highest BCUT2D eigenvalue weighted by Gasteiger charge is 2.60. The predicted octanol–water partition coefficient (Wildman–Crippen LogP) is 2.80. The van der Waals surface area contributed by atoms with Gasteiger partial charge in [0.25, 0.3) is 0 Å². The van der Waals surface area contributed by atoms with Gasteiger partial charge in [0.1, 0.15) is 0 Å². The zero-order valence-electron chi connectivity index (χ0n) is 13.4. The molecule has 20 heavy (non-hydrogen) atoms. The average Bonchev–Trinajstić information content (AvgIpc) is 3.04. The van der Waals surface area contributed by atoms with Gasteiger partial charge in [0.2, 0.25) is 5.91 Å². The molecule has 2 aliphatic carbocycles. The Morgan fingerprint density at radius 2 is 1.95 bits per heavy atom. The minimum atomic E-state index is 0.350. The Labute approximate surface area is 123 Å². The van der Waals surface area contributed by atoms with Crippen LogP contribution in [0.15, 0.2) is 0 Å². The van der Waals surface area contributed by atoms with Crippen molar-refractivity contribution in [3.05, 3.63) is 0 Å². The Kier molecular flexibility index (Phi) is 3.60. The van der Waals surface area contributed by atoms with Gasteiger partial charge in [-0.1, -0.05) is 20.8 Å². The summed E-state index contributed by atoms with van der Waals surface area (Å²) >= 11 is 0. The summed E-state index contributed by atoms with van der Waals surface area (Å²) in [4.78, 5) is 14.1. The van der Waals surface area contributed by atoms with Gasteiger partial charge in [-0.2, -0.15) is 0 Å². The third-order valence-electron chi connectivity index (χ3n) is 6.98. The van der Waals surface area contributed by atoms with E-state index in [1.54, 1.807) is 0 Å². The van der Waals surface area contributed by atoms with Gasteiger partial charge in [0, 0.05) is 32.1 Å². The largest absolute Gasteiger partial charge is 0.343 e. The number of likely N-dealkylation sites (tertiary alicyclic amines) is 1. The van der Waals surface area contributed by atoms with Crippen molar-refractivity contribution in [2.24, 2.45) is 16.7 Å². The number of carbonyl (C=O) groups is 1. The Bertz CT molecular complexity index is 386. The highest BCUT2D eigenvalue weighted by atomic mass is 16.2. The second-order valence-electron chi connectivity index (χ2n) is 7.96. The maximum Gasteiger partial charge on any atom is 0.223 e. The van der Waals surface area contributed by atoms with Crippen molar-refractivity contribution in [2.75, 3.05) is 19.6 Å². The highest BCUT2D eigenvalue weighted by Crippen LogP contribution is 2.65. The van der Waals surface area contributed by atoms with Crippen LogP contribution in [0.2, 0.25) is 0 Å². The molecule has 3 unspecified atom stereocenters. The molecule has 0 radical (unpaired) electrons. The summed E-state index contributed by atoms with van der Waals surface area (Å²) in [6, 6.07) is 0.614. The molecule has 1 aliphatic heterocycles. The van der Waals surface area contributed by atoms with E-state index in [4.69, 9.17) is 0 Å². The Balaban J connectivity index is 1.49. The molecule has 3 atom stereocenters. The van der Waals surface area contributed by atoms with Crippen LogP contribution in [0.4, 0.5) is 0 Å². The maximum atomic E-state index is 12.1. The maximum absolute atomic E-state index is 12.1. The molecule has 1 heterocycles. The molecule has 2 saturated carbocycles. The first kappa shape index (κ1) is 14.4. The van der Waals surface area contributed by atoms with E-state index in [9.17, 15) is 4.79 Å². The van der Waals surface area contributed by atoms with Gasteiger partial charge >= 0.3 is 0 Å². The number of amides is 1. The number of nitrogens with zero attached hydrogens (tertiary/aromatic N) is 1. The molecule has 114 valence electrons. The minimum Gasteiger partial charge on any atom is -0.343 e. The van der Waals surface area contributed by atoms with Crippen LogP contribution in [-0.4, -0.2) is 36.5 Å². The SMILES string of the molecule is CC1(C)C2CCC1(C)C(NCCC(=O)N1CCCC1)C2. The first-order valence-corrected chi connectivity index (χ1v) is 8.46. The van der Waals surface area contributed by atoms with Gasteiger partial charge in [-0.3, -0.25) is 4.79 Å². The number of fused-ring (bicyclic) bond motifs is 2. The number of hydrogen-bond donors (Lipinski definition) is 1. The third kappa shape index (κ3) is 2.09. The lowest BCUT2D eigenvalue weighted by Gasteiger charge is -2.39. The lowest BCUT2D eigenvalue weighted by atomic mass is 9.69. The van der Waals surface area contributed by atoms with Crippen LogP contribution < -0.4 is 5.32 Å². The van der Waals surface area contributed by atoms with Crippen molar-refractivity contribution in [1.29, 1.82) is 0 Å². The van der Waals surface area contributed by atoms with Crippen molar-refractivity contribution < 1.29 is 4.79 Å². The number of carbonyl (C=O) groups excluding carboxylic acids is 1. The molecule has 0 aromatic rings. The van der Waals surface area contributed by atoms with Crippen LogP contribution in [0.5, 0.6) is 0 Å². The Hall–Kier alpha value is -0.570. The van der Waals surface area contributed by atoms with Gasteiger partial charge in [-0.25, -0.2) is 0 Å². The van der Waals surface area contributed by atoms with Crippen LogP contribution in [-0.2, 0) is 4.79 Å². The number of hydrogen-bond acceptors (Lipinski definition) is 2. The highest BCUT2D eigenvalue weighted by molar-refractivity contribution is 5.76. The summed E-state index contributed by atoms with van der Waals surface area (Å²) in [6.45, 7) is 10.2. The summed E-state index contributed by atoms with van der Waals surface area (Å²) in [5, 5.41) is 3.72. The monoisotopic (exact) mass is 278 g/mol. The van der Waals surface area contributed by atoms with Crippen molar-refractivity contribution in [3.8, 4) is 0 Å². The summed E-state index contributed by atoms with van der Waals surface area (Å²) in [5.41, 5.74) is 0.887. The molecule has 0 aromatic carbocycles. The molecule has 3 fully saturated rings. The molecule has 1 amide bonds. The first-order chi connectivity index (χ1) is 9.45. The van der Waals surface area contributed by atoms with Gasteiger partial charge in [0.15, 0.2) is 0 Å². The molecule has 3 nitrogen and oxygen atoms in total. The fourth-order valence-corrected chi connectivity index (χ4v) is 4.99. The van der Waals surface area contributed by atoms with E-state index in [2.05, 4.69) is 26.1 Å². The zero-order chi connectivity index (χ0) is 14.4. The Morgan fingerprint density at radius 1 is 1.25 bits per heavy atom. The molecule has 3 heteroatoms. The van der Waals surface area contributed by atoms with Crippen LogP contribution in [0.1, 0.15) is 59.3 Å². The fourth-order valence-electron chi connectivity index (χ4n) is 4.99. The molecular formula is C17H30N2O. The molecular weight excluding hydrogens is 248 g/mol. The van der Waals surface area contributed by atoms with Gasteiger partial charge in [0.05, 0.1) is 0 Å². The van der Waals surface area contributed by atoms with E-state index in [-0.39, 0.29) is 0 Å². The molecule has 1 N–H and O–H groups in total. The van der Waals surface area contributed by atoms with E-state index in [0.717, 1.165) is 25.6 Å². The summed E-state index contributed by atoms with van der Waals surface area (Å²) in [6.07, 6.45) is 7.11. The third-order valence-corrected chi connectivity index (χ3v) is 6.98. The van der Waals surface area contributed by atoms with Crippen molar-refractivity contribution in [1.82, 2.24) is 10.2 Å². The molecule has 1 saturated heterocycles. The van der Waals surface area contributed by atoms with Crippen LogP contribution in [0.3, 0.4) is 0 Å².